The Morgan fingerprint density at radius 2 is 2.08 bits per heavy atom. The second-order valence-corrected chi connectivity index (χ2v) is 7.12. The Labute approximate surface area is 151 Å². The SMILES string of the molecule is COc1ccc(CC(C)NC[C@@H]2CCN(C)[C@H]2c2cccnc2)cc1. The lowest BCUT2D eigenvalue weighted by atomic mass is 9.94. The minimum Gasteiger partial charge on any atom is -0.497 e. The summed E-state index contributed by atoms with van der Waals surface area (Å²) in [5.41, 5.74) is 2.67. The van der Waals surface area contributed by atoms with Crippen molar-refractivity contribution < 1.29 is 4.74 Å². The van der Waals surface area contributed by atoms with E-state index in [1.807, 2.05) is 30.6 Å². The standard InChI is InChI=1S/C21H29N3O/c1-16(13-17-6-8-20(25-3)9-7-17)23-15-19-10-12-24(2)21(19)18-5-4-11-22-14-18/h4-9,11,14,16,19,21,23H,10,12-13,15H2,1-3H3/t16?,19-,21-/m0/s1. The summed E-state index contributed by atoms with van der Waals surface area (Å²) in [5, 5.41) is 3.74. The Balaban J connectivity index is 1.54. The average molecular weight is 339 g/mol. The maximum Gasteiger partial charge on any atom is 0.118 e. The molecule has 0 radical (unpaired) electrons. The van der Waals surface area contributed by atoms with Gasteiger partial charge in [-0.1, -0.05) is 18.2 Å². The van der Waals surface area contributed by atoms with E-state index in [0.717, 1.165) is 25.3 Å². The monoisotopic (exact) mass is 339 g/mol. The summed E-state index contributed by atoms with van der Waals surface area (Å²) < 4.78 is 5.23. The second-order valence-electron chi connectivity index (χ2n) is 7.12. The zero-order valence-electron chi connectivity index (χ0n) is 15.5. The molecule has 2 heterocycles. The van der Waals surface area contributed by atoms with Gasteiger partial charge in [-0.3, -0.25) is 9.88 Å². The predicted octanol–water partition coefficient (Wildman–Crippen LogP) is 3.30. The largest absolute Gasteiger partial charge is 0.497 e. The van der Waals surface area contributed by atoms with Gasteiger partial charge in [0.1, 0.15) is 5.75 Å². The summed E-state index contributed by atoms with van der Waals surface area (Å²) in [6, 6.07) is 13.5. The van der Waals surface area contributed by atoms with Crippen molar-refractivity contribution in [2.75, 3.05) is 27.2 Å². The van der Waals surface area contributed by atoms with E-state index in [2.05, 4.69) is 47.4 Å². The molecule has 1 unspecified atom stereocenters. The average Bonchev–Trinajstić information content (AvgIpc) is 3.02. The van der Waals surface area contributed by atoms with E-state index >= 15 is 0 Å². The highest BCUT2D eigenvalue weighted by atomic mass is 16.5. The maximum atomic E-state index is 5.23. The lowest BCUT2D eigenvalue weighted by Gasteiger charge is -2.26. The van der Waals surface area contributed by atoms with Crippen molar-refractivity contribution in [3.8, 4) is 5.75 Å². The summed E-state index contributed by atoms with van der Waals surface area (Å²) in [4.78, 5) is 6.76. The van der Waals surface area contributed by atoms with Gasteiger partial charge < -0.3 is 10.1 Å². The molecule has 0 aliphatic carbocycles. The summed E-state index contributed by atoms with van der Waals surface area (Å²) in [6.07, 6.45) is 6.13. The number of methoxy groups -OCH3 is 1. The summed E-state index contributed by atoms with van der Waals surface area (Å²) in [5.74, 6) is 1.55. The zero-order chi connectivity index (χ0) is 17.6. The molecule has 4 nitrogen and oxygen atoms in total. The molecular formula is C21H29N3O. The molecule has 1 aromatic carbocycles. The van der Waals surface area contributed by atoms with E-state index in [4.69, 9.17) is 4.74 Å². The molecule has 1 aliphatic rings. The van der Waals surface area contributed by atoms with Crippen LogP contribution in [-0.4, -0.2) is 43.2 Å². The van der Waals surface area contributed by atoms with Crippen LogP contribution in [0.15, 0.2) is 48.8 Å². The molecule has 3 rings (SSSR count). The van der Waals surface area contributed by atoms with Gasteiger partial charge in [-0.2, -0.15) is 0 Å². The Kier molecular flexibility index (Phi) is 6.05. The lowest BCUT2D eigenvalue weighted by Crippen LogP contribution is -2.35. The number of benzene rings is 1. The Morgan fingerprint density at radius 3 is 2.76 bits per heavy atom. The first-order valence-electron chi connectivity index (χ1n) is 9.14. The molecule has 1 aromatic heterocycles. The van der Waals surface area contributed by atoms with Crippen molar-refractivity contribution in [2.24, 2.45) is 5.92 Å². The first kappa shape index (κ1) is 17.9. The number of nitrogens with one attached hydrogen (secondary N) is 1. The molecule has 2 aromatic rings. The number of hydrogen-bond acceptors (Lipinski definition) is 4. The van der Waals surface area contributed by atoms with Gasteiger partial charge in [0.25, 0.3) is 0 Å². The van der Waals surface area contributed by atoms with Crippen LogP contribution in [0.2, 0.25) is 0 Å². The van der Waals surface area contributed by atoms with Crippen LogP contribution < -0.4 is 10.1 Å². The Hall–Kier alpha value is -1.91. The Bertz CT molecular complexity index is 644. The molecule has 1 fully saturated rings. The normalized spacial score (nSPS) is 22.0. The molecule has 0 spiro atoms. The van der Waals surface area contributed by atoms with Crippen molar-refractivity contribution in [3.63, 3.8) is 0 Å². The number of hydrogen-bond donors (Lipinski definition) is 1. The van der Waals surface area contributed by atoms with Crippen molar-refractivity contribution in [2.45, 2.75) is 31.8 Å². The van der Waals surface area contributed by atoms with Gasteiger partial charge in [-0.05, 0) is 68.6 Å². The highest BCUT2D eigenvalue weighted by Crippen LogP contribution is 2.35. The minimum atomic E-state index is 0.453. The molecule has 0 bridgehead atoms. The quantitative estimate of drug-likeness (QED) is 0.840. The minimum absolute atomic E-state index is 0.453. The summed E-state index contributed by atoms with van der Waals surface area (Å²) >= 11 is 0. The smallest absolute Gasteiger partial charge is 0.118 e. The molecule has 1 saturated heterocycles. The highest BCUT2D eigenvalue weighted by Gasteiger charge is 2.32. The zero-order valence-corrected chi connectivity index (χ0v) is 15.5. The van der Waals surface area contributed by atoms with Crippen LogP contribution in [-0.2, 0) is 6.42 Å². The lowest BCUT2D eigenvalue weighted by molar-refractivity contribution is 0.268. The first-order valence-corrected chi connectivity index (χ1v) is 9.14. The van der Waals surface area contributed by atoms with Gasteiger partial charge in [-0.25, -0.2) is 0 Å². The molecule has 1 N–H and O–H groups in total. The van der Waals surface area contributed by atoms with Gasteiger partial charge in [0.15, 0.2) is 0 Å². The maximum absolute atomic E-state index is 5.23. The third-order valence-electron chi connectivity index (χ3n) is 5.23. The molecule has 0 amide bonds. The van der Waals surface area contributed by atoms with Gasteiger partial charge in [0.05, 0.1) is 7.11 Å². The number of likely N-dealkylation sites (tertiary alicyclic amines) is 1. The van der Waals surface area contributed by atoms with E-state index in [0.29, 0.717) is 18.0 Å². The van der Waals surface area contributed by atoms with Gasteiger partial charge in [0.2, 0.25) is 0 Å². The van der Waals surface area contributed by atoms with Gasteiger partial charge in [0, 0.05) is 31.0 Å². The van der Waals surface area contributed by atoms with Crippen molar-refractivity contribution in [1.82, 2.24) is 15.2 Å². The predicted molar refractivity (Wildman–Crippen MR) is 102 cm³/mol. The van der Waals surface area contributed by atoms with Crippen LogP contribution >= 0.6 is 0 Å². The van der Waals surface area contributed by atoms with Crippen LogP contribution in [0.3, 0.4) is 0 Å². The number of nitrogens with zero attached hydrogens (tertiary/aromatic N) is 2. The molecule has 25 heavy (non-hydrogen) atoms. The molecule has 3 atom stereocenters. The fourth-order valence-electron chi connectivity index (χ4n) is 3.86. The Morgan fingerprint density at radius 1 is 1.28 bits per heavy atom. The molecule has 1 aliphatic heterocycles. The van der Waals surface area contributed by atoms with Crippen LogP contribution in [0.1, 0.15) is 30.5 Å². The van der Waals surface area contributed by atoms with E-state index in [-0.39, 0.29) is 0 Å². The van der Waals surface area contributed by atoms with Gasteiger partial charge >= 0.3 is 0 Å². The third kappa shape index (κ3) is 4.59. The van der Waals surface area contributed by atoms with E-state index in [9.17, 15) is 0 Å². The van der Waals surface area contributed by atoms with Crippen molar-refractivity contribution >= 4 is 0 Å². The van der Waals surface area contributed by atoms with Crippen molar-refractivity contribution in [3.05, 3.63) is 59.9 Å². The van der Waals surface area contributed by atoms with E-state index in [1.165, 1.54) is 17.5 Å². The fourth-order valence-corrected chi connectivity index (χ4v) is 3.86. The topological polar surface area (TPSA) is 37.4 Å². The van der Waals surface area contributed by atoms with Crippen LogP contribution in [0, 0.1) is 5.92 Å². The van der Waals surface area contributed by atoms with E-state index < -0.39 is 0 Å². The number of pyridine rings is 1. The first-order chi connectivity index (χ1) is 12.2. The molecule has 0 saturated carbocycles. The number of rotatable bonds is 7. The van der Waals surface area contributed by atoms with Crippen LogP contribution in [0.4, 0.5) is 0 Å². The van der Waals surface area contributed by atoms with Gasteiger partial charge in [-0.15, -0.1) is 0 Å². The summed E-state index contributed by atoms with van der Waals surface area (Å²) in [6.45, 7) is 4.46. The summed E-state index contributed by atoms with van der Waals surface area (Å²) in [7, 11) is 3.93. The third-order valence-corrected chi connectivity index (χ3v) is 5.23. The molecule has 4 heteroatoms. The number of aromatic nitrogens is 1. The van der Waals surface area contributed by atoms with Crippen LogP contribution in [0.5, 0.6) is 5.75 Å². The highest BCUT2D eigenvalue weighted by molar-refractivity contribution is 5.27. The molecular weight excluding hydrogens is 310 g/mol. The fraction of sp³-hybridized carbons (Fsp3) is 0.476. The number of ether oxygens (including phenoxy) is 1. The van der Waals surface area contributed by atoms with Crippen LogP contribution in [0.25, 0.3) is 0 Å². The van der Waals surface area contributed by atoms with Crippen molar-refractivity contribution in [1.29, 1.82) is 0 Å². The second kappa shape index (κ2) is 8.45. The molecule has 134 valence electrons. The van der Waals surface area contributed by atoms with E-state index in [1.54, 1.807) is 7.11 Å².